The summed E-state index contributed by atoms with van der Waals surface area (Å²) >= 11 is 0. The molecule has 1 atom stereocenters. The molecular formula is C13H14N2O2S. The summed E-state index contributed by atoms with van der Waals surface area (Å²) in [5.74, 6) is 1.17. The van der Waals surface area contributed by atoms with Gasteiger partial charge in [-0.1, -0.05) is 12.1 Å². The van der Waals surface area contributed by atoms with Gasteiger partial charge < -0.3 is 10.5 Å². The third-order valence-corrected chi connectivity index (χ3v) is 3.84. The smallest absolute Gasteiger partial charge is 0.150 e. The number of hydrogen-bond donors (Lipinski definition) is 1. The number of aromatic nitrogens is 1. The van der Waals surface area contributed by atoms with Crippen LogP contribution in [0.4, 0.5) is 5.69 Å². The van der Waals surface area contributed by atoms with E-state index in [1.165, 1.54) is 0 Å². The molecule has 0 saturated carbocycles. The molecule has 0 amide bonds. The van der Waals surface area contributed by atoms with Crippen molar-refractivity contribution >= 4 is 16.5 Å². The van der Waals surface area contributed by atoms with Crippen LogP contribution >= 0.6 is 0 Å². The molecule has 4 nitrogen and oxygen atoms in total. The second-order valence-corrected chi connectivity index (χ2v) is 5.10. The van der Waals surface area contributed by atoms with E-state index in [1.807, 2.05) is 24.3 Å². The molecule has 0 radical (unpaired) electrons. The van der Waals surface area contributed by atoms with Gasteiger partial charge in [-0.2, -0.15) is 0 Å². The lowest BCUT2D eigenvalue weighted by Crippen LogP contribution is -2.03. The lowest BCUT2D eigenvalue weighted by atomic mass is 10.2. The van der Waals surface area contributed by atoms with Gasteiger partial charge in [0.2, 0.25) is 0 Å². The summed E-state index contributed by atoms with van der Waals surface area (Å²) < 4.78 is 17.2. The van der Waals surface area contributed by atoms with E-state index in [-0.39, 0.29) is 0 Å². The summed E-state index contributed by atoms with van der Waals surface area (Å²) in [5.41, 5.74) is 7.17. The molecular weight excluding hydrogens is 248 g/mol. The first kappa shape index (κ1) is 12.6. The summed E-state index contributed by atoms with van der Waals surface area (Å²) in [6, 6.07) is 10.9. The second-order valence-electron chi connectivity index (χ2n) is 3.74. The molecule has 0 bridgehead atoms. The van der Waals surface area contributed by atoms with Gasteiger partial charge >= 0.3 is 0 Å². The summed E-state index contributed by atoms with van der Waals surface area (Å²) in [4.78, 5) is 4.06. The standard InChI is InChI=1S/C13H14N2O2S/c1-17-11-6-4-10(5-7-11)9-18(16)13-12(14)3-2-8-15-13/h2-8H,9,14H2,1H3. The average Bonchev–Trinajstić information content (AvgIpc) is 2.40. The number of pyridine rings is 1. The van der Waals surface area contributed by atoms with Crippen LogP contribution in [0.1, 0.15) is 5.56 Å². The molecule has 5 heteroatoms. The van der Waals surface area contributed by atoms with Crippen molar-refractivity contribution in [1.29, 1.82) is 0 Å². The summed E-state index contributed by atoms with van der Waals surface area (Å²) in [5, 5.41) is 0.438. The predicted octanol–water partition coefficient (Wildman–Crippen LogP) is 1.98. The van der Waals surface area contributed by atoms with Crippen LogP contribution in [0.25, 0.3) is 0 Å². The van der Waals surface area contributed by atoms with Crippen LogP contribution in [0.3, 0.4) is 0 Å². The number of nitrogens with zero attached hydrogens (tertiary/aromatic N) is 1. The molecule has 0 aliphatic rings. The van der Waals surface area contributed by atoms with E-state index in [9.17, 15) is 4.21 Å². The van der Waals surface area contributed by atoms with Crippen molar-refractivity contribution < 1.29 is 8.95 Å². The van der Waals surface area contributed by atoms with Gasteiger partial charge in [0.15, 0.2) is 0 Å². The minimum absolute atomic E-state index is 0.394. The fraction of sp³-hybridized carbons (Fsp3) is 0.154. The number of ether oxygens (including phenoxy) is 1. The van der Waals surface area contributed by atoms with Gasteiger partial charge in [0.05, 0.1) is 29.3 Å². The van der Waals surface area contributed by atoms with Crippen molar-refractivity contribution in [1.82, 2.24) is 4.98 Å². The van der Waals surface area contributed by atoms with Crippen molar-refractivity contribution in [2.75, 3.05) is 12.8 Å². The van der Waals surface area contributed by atoms with Gasteiger partial charge in [-0.25, -0.2) is 4.98 Å². The summed E-state index contributed by atoms with van der Waals surface area (Å²) in [6.45, 7) is 0. The molecule has 94 valence electrons. The van der Waals surface area contributed by atoms with Crippen molar-refractivity contribution in [2.24, 2.45) is 0 Å². The molecule has 1 unspecified atom stereocenters. The third-order valence-electron chi connectivity index (χ3n) is 2.47. The zero-order valence-electron chi connectivity index (χ0n) is 10.00. The molecule has 18 heavy (non-hydrogen) atoms. The molecule has 2 rings (SSSR count). The number of hydrogen-bond acceptors (Lipinski definition) is 4. The highest BCUT2D eigenvalue weighted by Gasteiger charge is 2.09. The number of nitrogens with two attached hydrogens (primary N) is 1. The van der Waals surface area contributed by atoms with E-state index in [4.69, 9.17) is 10.5 Å². The quantitative estimate of drug-likeness (QED) is 0.915. The number of nitrogen functional groups attached to an aromatic ring is 1. The molecule has 1 aromatic carbocycles. The Hall–Kier alpha value is -1.88. The lowest BCUT2D eigenvalue weighted by Gasteiger charge is -2.05. The van der Waals surface area contributed by atoms with Crippen LogP contribution < -0.4 is 10.5 Å². The fourth-order valence-corrected chi connectivity index (χ4v) is 2.68. The molecule has 2 aromatic rings. The monoisotopic (exact) mass is 262 g/mol. The van der Waals surface area contributed by atoms with Crippen LogP contribution in [0.15, 0.2) is 47.6 Å². The number of rotatable bonds is 4. The highest BCUT2D eigenvalue weighted by molar-refractivity contribution is 7.84. The largest absolute Gasteiger partial charge is 0.497 e. The third kappa shape index (κ3) is 2.87. The Balaban J connectivity index is 2.14. The summed E-state index contributed by atoms with van der Waals surface area (Å²) in [6.07, 6.45) is 1.59. The van der Waals surface area contributed by atoms with Gasteiger partial charge in [-0.15, -0.1) is 0 Å². The highest BCUT2D eigenvalue weighted by atomic mass is 32.2. The molecule has 0 fully saturated rings. The predicted molar refractivity (Wildman–Crippen MR) is 71.8 cm³/mol. The maximum Gasteiger partial charge on any atom is 0.150 e. The molecule has 1 heterocycles. The zero-order chi connectivity index (χ0) is 13.0. The zero-order valence-corrected chi connectivity index (χ0v) is 10.8. The molecule has 0 spiro atoms. The first-order valence-corrected chi connectivity index (χ1v) is 6.74. The van der Waals surface area contributed by atoms with E-state index in [1.54, 1.807) is 25.4 Å². The van der Waals surface area contributed by atoms with E-state index in [2.05, 4.69) is 4.98 Å². The van der Waals surface area contributed by atoms with E-state index in [0.717, 1.165) is 11.3 Å². The number of methoxy groups -OCH3 is 1. The Morgan fingerprint density at radius 1 is 1.28 bits per heavy atom. The first-order chi connectivity index (χ1) is 8.70. The van der Waals surface area contributed by atoms with Gasteiger partial charge in [0, 0.05) is 6.20 Å². The second kappa shape index (κ2) is 5.64. The SMILES string of the molecule is COc1ccc(CS(=O)c2ncccc2N)cc1. The normalized spacial score (nSPS) is 12.1. The molecule has 0 saturated heterocycles. The average molecular weight is 262 g/mol. The van der Waals surface area contributed by atoms with Crippen LogP contribution in [0, 0.1) is 0 Å². The van der Waals surface area contributed by atoms with Crippen molar-refractivity contribution in [3.63, 3.8) is 0 Å². The van der Waals surface area contributed by atoms with Gasteiger partial charge in [0.1, 0.15) is 10.8 Å². The topological polar surface area (TPSA) is 65.2 Å². The molecule has 0 aliphatic heterocycles. The summed E-state index contributed by atoms with van der Waals surface area (Å²) in [7, 11) is 0.381. The molecule has 1 aromatic heterocycles. The van der Waals surface area contributed by atoms with Crippen molar-refractivity contribution in [3.8, 4) is 5.75 Å². The van der Waals surface area contributed by atoms with Crippen molar-refractivity contribution in [3.05, 3.63) is 48.2 Å². The van der Waals surface area contributed by atoms with Gasteiger partial charge in [0.25, 0.3) is 0 Å². The minimum Gasteiger partial charge on any atom is -0.497 e. The fourth-order valence-electron chi connectivity index (χ4n) is 1.53. The Kier molecular flexibility index (Phi) is 3.94. The van der Waals surface area contributed by atoms with E-state index >= 15 is 0 Å². The van der Waals surface area contributed by atoms with E-state index < -0.39 is 10.8 Å². The van der Waals surface area contributed by atoms with Crippen LogP contribution in [-0.2, 0) is 16.6 Å². The Morgan fingerprint density at radius 3 is 2.61 bits per heavy atom. The van der Waals surface area contributed by atoms with Gasteiger partial charge in [-0.05, 0) is 29.8 Å². The van der Waals surface area contributed by atoms with Crippen LogP contribution in [0.5, 0.6) is 5.75 Å². The van der Waals surface area contributed by atoms with E-state index in [0.29, 0.717) is 16.5 Å². The first-order valence-electron chi connectivity index (χ1n) is 5.42. The maximum atomic E-state index is 12.1. The van der Waals surface area contributed by atoms with Gasteiger partial charge in [-0.3, -0.25) is 4.21 Å². The number of benzene rings is 1. The highest BCUT2D eigenvalue weighted by Crippen LogP contribution is 2.18. The molecule has 2 N–H and O–H groups in total. The Labute approximate surface area is 108 Å². The van der Waals surface area contributed by atoms with Crippen LogP contribution in [-0.4, -0.2) is 16.3 Å². The lowest BCUT2D eigenvalue weighted by molar-refractivity contribution is 0.414. The number of anilines is 1. The maximum absolute atomic E-state index is 12.1. The van der Waals surface area contributed by atoms with Crippen molar-refractivity contribution in [2.45, 2.75) is 10.8 Å². The van der Waals surface area contributed by atoms with Crippen LogP contribution in [0.2, 0.25) is 0 Å². The Bertz CT molecular complexity index is 555. The molecule has 0 aliphatic carbocycles. The Morgan fingerprint density at radius 2 is 2.00 bits per heavy atom. The minimum atomic E-state index is -1.23.